The van der Waals surface area contributed by atoms with Crippen molar-refractivity contribution in [1.29, 1.82) is 0 Å². The molecular formula is C24H25N3O6. The third-order valence-electron chi connectivity index (χ3n) is 6.19. The Morgan fingerprint density at radius 1 is 1.12 bits per heavy atom. The van der Waals surface area contributed by atoms with Gasteiger partial charge < -0.3 is 15.0 Å². The van der Waals surface area contributed by atoms with Crippen LogP contribution in [0.5, 0.6) is 0 Å². The summed E-state index contributed by atoms with van der Waals surface area (Å²) >= 11 is 0. The van der Waals surface area contributed by atoms with Crippen LogP contribution in [-0.4, -0.2) is 42.3 Å². The van der Waals surface area contributed by atoms with E-state index in [0.717, 1.165) is 31.5 Å². The molecule has 4 rings (SSSR count). The zero-order valence-electron chi connectivity index (χ0n) is 18.3. The van der Waals surface area contributed by atoms with Gasteiger partial charge in [0.05, 0.1) is 10.5 Å². The van der Waals surface area contributed by atoms with Gasteiger partial charge in [0, 0.05) is 36.8 Å². The minimum atomic E-state index is -0.796. The molecule has 2 aromatic rings. The molecule has 0 bridgehead atoms. The summed E-state index contributed by atoms with van der Waals surface area (Å²) in [4.78, 5) is 49.6. The number of rotatable bonds is 6. The highest BCUT2D eigenvalue weighted by atomic mass is 16.6. The van der Waals surface area contributed by atoms with E-state index < -0.39 is 23.3 Å². The van der Waals surface area contributed by atoms with Gasteiger partial charge in [-0.25, -0.2) is 4.79 Å². The molecule has 0 saturated carbocycles. The SMILES string of the molecule is CC1CCN(c2ccc(C(=O)OCC(=O)c3ccc4c(c3)CCC(=O)N4)cc2[N+](=O)[O-])CC1. The van der Waals surface area contributed by atoms with Gasteiger partial charge >= 0.3 is 5.97 Å². The lowest BCUT2D eigenvalue weighted by Crippen LogP contribution is -2.33. The molecule has 2 aliphatic heterocycles. The number of Topliss-reactive ketones (excluding diaryl/α,β-unsaturated/α-hetero) is 1. The maximum Gasteiger partial charge on any atom is 0.338 e. The average Bonchev–Trinajstić information content (AvgIpc) is 2.82. The highest BCUT2D eigenvalue weighted by Crippen LogP contribution is 2.32. The first-order chi connectivity index (χ1) is 15.8. The lowest BCUT2D eigenvalue weighted by Gasteiger charge is -2.31. The van der Waals surface area contributed by atoms with Gasteiger partial charge in [0.25, 0.3) is 5.69 Å². The van der Waals surface area contributed by atoms with Crippen molar-refractivity contribution < 1.29 is 24.0 Å². The van der Waals surface area contributed by atoms with Gasteiger partial charge in [-0.3, -0.25) is 19.7 Å². The Hall–Kier alpha value is -3.75. The number of hydrogen-bond acceptors (Lipinski definition) is 7. The summed E-state index contributed by atoms with van der Waals surface area (Å²) < 4.78 is 5.15. The lowest BCUT2D eigenvalue weighted by molar-refractivity contribution is -0.384. The third-order valence-corrected chi connectivity index (χ3v) is 6.19. The number of amides is 1. The van der Waals surface area contributed by atoms with E-state index in [1.54, 1.807) is 24.3 Å². The Morgan fingerprint density at radius 3 is 2.58 bits per heavy atom. The number of ether oxygens (including phenoxy) is 1. The summed E-state index contributed by atoms with van der Waals surface area (Å²) in [6.07, 6.45) is 2.80. The predicted octanol–water partition coefficient (Wildman–Crippen LogP) is 3.76. The van der Waals surface area contributed by atoms with Gasteiger partial charge in [0.1, 0.15) is 5.69 Å². The summed E-state index contributed by atoms with van der Waals surface area (Å²) in [6, 6.07) is 9.19. The second-order valence-corrected chi connectivity index (χ2v) is 8.55. The number of fused-ring (bicyclic) bond motifs is 1. The summed E-state index contributed by atoms with van der Waals surface area (Å²) in [5.41, 5.74) is 2.26. The molecule has 1 N–H and O–H groups in total. The van der Waals surface area contributed by atoms with Crippen molar-refractivity contribution in [1.82, 2.24) is 0 Å². The Bertz CT molecular complexity index is 1120. The number of carbonyl (C=O) groups excluding carboxylic acids is 3. The minimum Gasteiger partial charge on any atom is -0.454 e. The molecular weight excluding hydrogens is 426 g/mol. The van der Waals surface area contributed by atoms with E-state index in [2.05, 4.69) is 12.2 Å². The first kappa shape index (κ1) is 22.4. The van der Waals surface area contributed by atoms with Crippen LogP contribution >= 0.6 is 0 Å². The van der Waals surface area contributed by atoms with Gasteiger partial charge in [-0.15, -0.1) is 0 Å². The van der Waals surface area contributed by atoms with Crippen LogP contribution in [0.2, 0.25) is 0 Å². The maximum absolute atomic E-state index is 12.5. The molecule has 172 valence electrons. The molecule has 0 unspecified atom stereocenters. The average molecular weight is 451 g/mol. The standard InChI is InChI=1S/C24H25N3O6/c1-15-8-10-26(11-9-15)20-6-3-18(13-21(20)27(31)32)24(30)33-14-22(28)17-2-5-19-16(12-17)4-7-23(29)25-19/h2-3,5-6,12-13,15H,4,7-11,14H2,1H3,(H,25,29). The van der Waals surface area contributed by atoms with Crippen LogP contribution in [0, 0.1) is 16.0 Å². The molecule has 0 aliphatic carbocycles. The van der Waals surface area contributed by atoms with E-state index >= 15 is 0 Å². The molecule has 1 amide bonds. The number of piperidine rings is 1. The number of benzene rings is 2. The predicted molar refractivity (Wildman–Crippen MR) is 122 cm³/mol. The van der Waals surface area contributed by atoms with Crippen LogP contribution in [-0.2, 0) is 16.0 Å². The number of anilines is 2. The number of carbonyl (C=O) groups is 3. The lowest BCUT2D eigenvalue weighted by atomic mass is 9.98. The maximum atomic E-state index is 12.5. The largest absolute Gasteiger partial charge is 0.454 e. The third kappa shape index (κ3) is 5.02. The van der Waals surface area contributed by atoms with E-state index in [1.165, 1.54) is 12.1 Å². The first-order valence-corrected chi connectivity index (χ1v) is 11.0. The van der Waals surface area contributed by atoms with Gasteiger partial charge in [0.2, 0.25) is 5.91 Å². The molecule has 9 heteroatoms. The molecule has 1 fully saturated rings. The van der Waals surface area contributed by atoms with Crippen molar-refractivity contribution in [3.8, 4) is 0 Å². The monoisotopic (exact) mass is 451 g/mol. The van der Waals surface area contributed by atoms with Gasteiger partial charge in [0.15, 0.2) is 12.4 Å². The van der Waals surface area contributed by atoms with Crippen LogP contribution in [0.4, 0.5) is 17.1 Å². The Balaban J connectivity index is 1.43. The Labute approximate surface area is 190 Å². The van der Waals surface area contributed by atoms with E-state index in [-0.39, 0.29) is 17.2 Å². The zero-order valence-corrected chi connectivity index (χ0v) is 18.3. The van der Waals surface area contributed by atoms with Crippen molar-refractivity contribution in [3.05, 3.63) is 63.2 Å². The summed E-state index contributed by atoms with van der Waals surface area (Å²) in [6.45, 7) is 3.13. The van der Waals surface area contributed by atoms with Crippen molar-refractivity contribution in [2.24, 2.45) is 5.92 Å². The second kappa shape index (κ2) is 9.40. The number of hydrogen-bond donors (Lipinski definition) is 1. The molecule has 2 aromatic carbocycles. The van der Waals surface area contributed by atoms with Crippen LogP contribution in [0.15, 0.2) is 36.4 Å². The van der Waals surface area contributed by atoms with Crippen molar-refractivity contribution in [2.75, 3.05) is 29.9 Å². The number of esters is 1. The molecule has 0 spiro atoms. The number of aryl methyl sites for hydroxylation is 1. The number of nitrogens with zero attached hydrogens (tertiary/aromatic N) is 2. The topological polar surface area (TPSA) is 119 Å². The van der Waals surface area contributed by atoms with E-state index in [1.807, 2.05) is 4.90 Å². The van der Waals surface area contributed by atoms with Crippen LogP contribution in [0.1, 0.15) is 52.5 Å². The highest BCUT2D eigenvalue weighted by molar-refractivity contribution is 6.01. The first-order valence-electron chi connectivity index (χ1n) is 11.0. The van der Waals surface area contributed by atoms with Crippen molar-refractivity contribution >= 4 is 34.7 Å². The Morgan fingerprint density at radius 2 is 1.85 bits per heavy atom. The van der Waals surface area contributed by atoms with E-state index in [0.29, 0.717) is 35.7 Å². The van der Waals surface area contributed by atoms with Crippen LogP contribution < -0.4 is 10.2 Å². The van der Waals surface area contributed by atoms with Gasteiger partial charge in [-0.05, 0) is 61.1 Å². The van der Waals surface area contributed by atoms with Gasteiger partial charge in [-0.1, -0.05) is 6.92 Å². The molecule has 33 heavy (non-hydrogen) atoms. The van der Waals surface area contributed by atoms with Gasteiger partial charge in [-0.2, -0.15) is 0 Å². The smallest absolute Gasteiger partial charge is 0.338 e. The number of nitrogens with one attached hydrogen (secondary N) is 1. The number of ketones is 1. The van der Waals surface area contributed by atoms with E-state index in [4.69, 9.17) is 4.74 Å². The fraction of sp³-hybridized carbons (Fsp3) is 0.375. The quantitative estimate of drug-likeness (QED) is 0.307. The van der Waals surface area contributed by atoms with Crippen LogP contribution in [0.3, 0.4) is 0 Å². The molecule has 0 atom stereocenters. The summed E-state index contributed by atoms with van der Waals surface area (Å²) in [7, 11) is 0. The van der Waals surface area contributed by atoms with Crippen molar-refractivity contribution in [2.45, 2.75) is 32.6 Å². The molecule has 0 aromatic heterocycles. The highest BCUT2D eigenvalue weighted by Gasteiger charge is 2.25. The zero-order chi connectivity index (χ0) is 23.5. The fourth-order valence-electron chi connectivity index (χ4n) is 4.17. The molecule has 0 radical (unpaired) electrons. The molecule has 2 heterocycles. The molecule has 9 nitrogen and oxygen atoms in total. The fourth-order valence-corrected chi connectivity index (χ4v) is 4.17. The number of nitro benzene ring substituents is 1. The minimum absolute atomic E-state index is 0.0248. The number of nitro groups is 1. The van der Waals surface area contributed by atoms with Crippen LogP contribution in [0.25, 0.3) is 0 Å². The molecule has 1 saturated heterocycles. The second-order valence-electron chi connectivity index (χ2n) is 8.55. The summed E-state index contributed by atoms with van der Waals surface area (Å²) in [5, 5.41) is 14.4. The van der Waals surface area contributed by atoms with Crippen molar-refractivity contribution in [3.63, 3.8) is 0 Å². The molecule has 2 aliphatic rings. The summed E-state index contributed by atoms with van der Waals surface area (Å²) in [5.74, 6) is -0.668. The van der Waals surface area contributed by atoms with E-state index in [9.17, 15) is 24.5 Å². The Kier molecular flexibility index (Phi) is 6.39. The normalized spacial score (nSPS) is 16.0.